The van der Waals surface area contributed by atoms with Crippen molar-refractivity contribution in [3.8, 4) is 0 Å². The second-order valence-electron chi connectivity index (χ2n) is 3.30. The average Bonchev–Trinajstić information content (AvgIpc) is 2.27. The van der Waals surface area contributed by atoms with Gasteiger partial charge in [-0.3, -0.25) is 0 Å². The molecule has 0 spiro atoms. The van der Waals surface area contributed by atoms with E-state index in [1.807, 2.05) is 0 Å². The molecule has 1 aromatic rings. The minimum Gasteiger partial charge on any atom is -0.395 e. The van der Waals surface area contributed by atoms with Crippen LogP contribution < -0.4 is 10.6 Å². The summed E-state index contributed by atoms with van der Waals surface area (Å²) in [5.41, 5.74) is -1.65. The maximum Gasteiger partial charge on any atom is 0.419 e. The van der Waals surface area contributed by atoms with E-state index in [4.69, 9.17) is 5.11 Å². The van der Waals surface area contributed by atoms with Gasteiger partial charge in [0.05, 0.1) is 12.2 Å². The Balaban J connectivity index is 2.83. The highest BCUT2D eigenvalue weighted by atomic mass is 19.4. The van der Waals surface area contributed by atoms with Crippen LogP contribution in [0.5, 0.6) is 0 Å². The zero-order valence-electron chi connectivity index (χ0n) is 9.01. The van der Waals surface area contributed by atoms with Gasteiger partial charge in [-0.05, 0) is 18.2 Å². The number of aliphatic hydroxyl groups excluding tert-OH is 1. The summed E-state index contributed by atoms with van der Waals surface area (Å²) in [5, 5.41) is 12.7. The molecule has 0 aliphatic carbocycles. The average molecular weight is 266 g/mol. The Labute approximate surface area is 99.6 Å². The predicted octanol–water partition coefficient (Wildman–Crippen LogP) is 1.96. The highest BCUT2D eigenvalue weighted by Crippen LogP contribution is 2.32. The summed E-state index contributed by atoms with van der Waals surface area (Å²) < 4.78 is 50.0. The van der Waals surface area contributed by atoms with Gasteiger partial charge in [0, 0.05) is 12.2 Å². The van der Waals surface area contributed by atoms with Gasteiger partial charge >= 0.3 is 12.2 Å². The fraction of sp³-hybridized carbons (Fsp3) is 0.300. The third-order valence-electron chi connectivity index (χ3n) is 1.93. The number of halogens is 4. The van der Waals surface area contributed by atoms with E-state index in [9.17, 15) is 22.4 Å². The molecule has 1 aromatic carbocycles. The van der Waals surface area contributed by atoms with Gasteiger partial charge in [0.15, 0.2) is 0 Å². The first-order chi connectivity index (χ1) is 8.34. The molecule has 18 heavy (non-hydrogen) atoms. The third-order valence-corrected chi connectivity index (χ3v) is 1.93. The van der Waals surface area contributed by atoms with Crippen LogP contribution >= 0.6 is 0 Å². The lowest BCUT2D eigenvalue weighted by Crippen LogP contribution is -2.31. The van der Waals surface area contributed by atoms with Crippen LogP contribution in [0.1, 0.15) is 5.56 Å². The van der Waals surface area contributed by atoms with Gasteiger partial charge in [-0.15, -0.1) is 0 Å². The molecule has 0 aromatic heterocycles. The fourth-order valence-electron chi connectivity index (χ4n) is 1.16. The maximum absolute atomic E-state index is 12.9. The van der Waals surface area contributed by atoms with E-state index in [1.54, 1.807) is 0 Å². The van der Waals surface area contributed by atoms with Crippen molar-refractivity contribution in [1.82, 2.24) is 5.32 Å². The molecule has 0 atom stereocenters. The molecule has 8 heteroatoms. The number of benzene rings is 1. The normalized spacial score (nSPS) is 11.2. The summed E-state index contributed by atoms with van der Waals surface area (Å²) in [6.07, 6.45) is -4.83. The molecule has 0 saturated carbocycles. The van der Waals surface area contributed by atoms with Crippen LogP contribution in [0.15, 0.2) is 18.2 Å². The lowest BCUT2D eigenvalue weighted by molar-refractivity contribution is -0.139. The number of hydrogen-bond acceptors (Lipinski definition) is 2. The van der Waals surface area contributed by atoms with E-state index in [0.29, 0.717) is 12.1 Å². The summed E-state index contributed by atoms with van der Waals surface area (Å²) in [5.74, 6) is -1.41. The van der Waals surface area contributed by atoms with Crippen molar-refractivity contribution in [2.75, 3.05) is 18.5 Å². The van der Waals surface area contributed by atoms with Crippen LogP contribution in [-0.4, -0.2) is 24.3 Å². The van der Waals surface area contributed by atoms with Crippen molar-refractivity contribution >= 4 is 11.7 Å². The first-order valence-electron chi connectivity index (χ1n) is 4.87. The zero-order valence-corrected chi connectivity index (χ0v) is 9.01. The lowest BCUT2D eigenvalue weighted by atomic mass is 10.2. The van der Waals surface area contributed by atoms with E-state index in [-0.39, 0.29) is 18.8 Å². The van der Waals surface area contributed by atoms with Crippen molar-refractivity contribution in [1.29, 1.82) is 0 Å². The molecule has 0 unspecified atom stereocenters. The quantitative estimate of drug-likeness (QED) is 0.732. The monoisotopic (exact) mass is 266 g/mol. The Bertz CT molecular complexity index is 434. The molecule has 1 rings (SSSR count). The number of rotatable bonds is 3. The molecular formula is C10H10F4N2O2. The summed E-state index contributed by atoms with van der Waals surface area (Å²) >= 11 is 0. The number of hydrogen-bond donors (Lipinski definition) is 3. The van der Waals surface area contributed by atoms with Crippen LogP contribution in [0.3, 0.4) is 0 Å². The Hall–Kier alpha value is -1.83. The smallest absolute Gasteiger partial charge is 0.395 e. The molecule has 4 nitrogen and oxygen atoms in total. The molecule has 0 aliphatic rings. The molecule has 0 bridgehead atoms. The Morgan fingerprint density at radius 2 is 2.00 bits per heavy atom. The molecule has 0 saturated heterocycles. The number of carbonyl (C=O) groups excluding carboxylic acids is 1. The second-order valence-corrected chi connectivity index (χ2v) is 3.30. The van der Waals surface area contributed by atoms with Crippen LogP contribution in [0, 0.1) is 5.82 Å². The third kappa shape index (κ3) is 3.88. The minimum atomic E-state index is -4.83. The van der Waals surface area contributed by atoms with Crippen LogP contribution in [0.2, 0.25) is 0 Å². The fourth-order valence-corrected chi connectivity index (χ4v) is 1.16. The van der Waals surface area contributed by atoms with Crippen LogP contribution in [0.4, 0.5) is 28.0 Å². The minimum absolute atomic E-state index is 0.0425. The number of urea groups is 1. The molecule has 0 fully saturated rings. The number of alkyl halides is 3. The van der Waals surface area contributed by atoms with Crippen molar-refractivity contribution < 1.29 is 27.5 Å². The number of anilines is 1. The molecule has 3 N–H and O–H groups in total. The summed E-state index contributed by atoms with van der Waals surface area (Å²) in [6, 6.07) is 1.32. The molecule has 0 aliphatic heterocycles. The number of aliphatic hydroxyl groups is 1. The molecule has 2 amide bonds. The van der Waals surface area contributed by atoms with E-state index in [0.717, 1.165) is 6.07 Å². The highest BCUT2D eigenvalue weighted by Gasteiger charge is 2.34. The van der Waals surface area contributed by atoms with Gasteiger partial charge in [0.2, 0.25) is 0 Å². The van der Waals surface area contributed by atoms with Crippen LogP contribution in [-0.2, 0) is 6.18 Å². The Kier molecular flexibility index (Phi) is 4.49. The molecule has 0 radical (unpaired) electrons. The van der Waals surface area contributed by atoms with E-state index < -0.39 is 23.6 Å². The first-order valence-corrected chi connectivity index (χ1v) is 4.87. The lowest BCUT2D eigenvalue weighted by Gasteiger charge is -2.11. The summed E-state index contributed by atoms with van der Waals surface area (Å²) in [7, 11) is 0. The van der Waals surface area contributed by atoms with Gasteiger partial charge in [0.25, 0.3) is 0 Å². The van der Waals surface area contributed by atoms with Gasteiger partial charge in [-0.1, -0.05) is 0 Å². The predicted molar refractivity (Wildman–Crippen MR) is 55.5 cm³/mol. The SMILES string of the molecule is O=C(NCCO)Nc1ccc(F)c(C(F)(F)F)c1. The van der Waals surface area contributed by atoms with E-state index in [1.165, 1.54) is 0 Å². The van der Waals surface area contributed by atoms with Gasteiger partial charge in [0.1, 0.15) is 5.82 Å². The summed E-state index contributed by atoms with van der Waals surface area (Å²) in [6.45, 7) is -0.343. The van der Waals surface area contributed by atoms with E-state index in [2.05, 4.69) is 10.6 Å². The van der Waals surface area contributed by atoms with Crippen molar-refractivity contribution in [3.05, 3.63) is 29.6 Å². The maximum atomic E-state index is 12.9. The van der Waals surface area contributed by atoms with Crippen LogP contribution in [0.25, 0.3) is 0 Å². The Morgan fingerprint density at radius 3 is 2.56 bits per heavy atom. The topological polar surface area (TPSA) is 61.4 Å². The molecule has 0 heterocycles. The Morgan fingerprint density at radius 1 is 1.33 bits per heavy atom. The first kappa shape index (κ1) is 14.2. The van der Waals surface area contributed by atoms with Crippen molar-refractivity contribution in [2.45, 2.75) is 6.18 Å². The standard InChI is InChI=1S/C10H10F4N2O2/c11-8-2-1-6(5-7(8)10(12,13)14)16-9(18)15-3-4-17/h1-2,5,17H,3-4H2,(H2,15,16,18). The summed E-state index contributed by atoms with van der Waals surface area (Å²) in [4.78, 5) is 11.1. The highest BCUT2D eigenvalue weighted by molar-refractivity contribution is 5.89. The van der Waals surface area contributed by atoms with Gasteiger partial charge < -0.3 is 15.7 Å². The van der Waals surface area contributed by atoms with Crippen molar-refractivity contribution in [2.24, 2.45) is 0 Å². The number of amides is 2. The largest absolute Gasteiger partial charge is 0.419 e. The van der Waals surface area contributed by atoms with Gasteiger partial charge in [-0.2, -0.15) is 13.2 Å². The zero-order chi connectivity index (χ0) is 13.8. The van der Waals surface area contributed by atoms with E-state index >= 15 is 0 Å². The molecule has 100 valence electrons. The number of carbonyl (C=O) groups is 1. The molecular weight excluding hydrogens is 256 g/mol. The number of nitrogens with one attached hydrogen (secondary N) is 2. The van der Waals surface area contributed by atoms with Gasteiger partial charge in [-0.25, -0.2) is 9.18 Å². The van der Waals surface area contributed by atoms with Crippen molar-refractivity contribution in [3.63, 3.8) is 0 Å². The second kappa shape index (κ2) is 5.67.